The minimum absolute atomic E-state index is 0.0183. The van der Waals surface area contributed by atoms with Crippen LogP contribution in [0.25, 0.3) is 0 Å². The molecule has 0 aliphatic carbocycles. The summed E-state index contributed by atoms with van der Waals surface area (Å²) in [5, 5.41) is 3.02. The number of rotatable bonds is 3. The van der Waals surface area contributed by atoms with Crippen molar-refractivity contribution in [3.8, 4) is 0 Å². The molecule has 1 aliphatic heterocycles. The van der Waals surface area contributed by atoms with Crippen molar-refractivity contribution in [1.29, 1.82) is 0 Å². The molecule has 0 bridgehead atoms. The summed E-state index contributed by atoms with van der Waals surface area (Å²) >= 11 is 3.46. The molecular weight excluding hydrogens is 326 g/mol. The molecule has 21 heavy (non-hydrogen) atoms. The van der Waals surface area contributed by atoms with Gasteiger partial charge in [-0.3, -0.25) is 4.79 Å². The molecular formula is C18H16BrNO. The Morgan fingerprint density at radius 2 is 2.00 bits per heavy atom. The van der Waals surface area contributed by atoms with Crippen LogP contribution in [0.5, 0.6) is 0 Å². The number of fused-ring (bicyclic) bond motifs is 1. The van der Waals surface area contributed by atoms with Crippen molar-refractivity contribution < 1.29 is 4.79 Å². The van der Waals surface area contributed by atoms with Gasteiger partial charge >= 0.3 is 0 Å². The quantitative estimate of drug-likeness (QED) is 0.814. The van der Waals surface area contributed by atoms with Crippen molar-refractivity contribution in [2.75, 3.05) is 5.32 Å². The summed E-state index contributed by atoms with van der Waals surface area (Å²) in [6.07, 6.45) is 2.40. The zero-order valence-electron chi connectivity index (χ0n) is 11.8. The number of hydrogen-bond donors (Lipinski definition) is 1. The first-order valence-corrected chi connectivity index (χ1v) is 7.67. The fourth-order valence-electron chi connectivity index (χ4n) is 3.19. The first-order valence-electron chi connectivity index (χ1n) is 6.88. The van der Waals surface area contributed by atoms with Crippen LogP contribution in [0.4, 0.5) is 5.69 Å². The molecule has 1 heterocycles. The van der Waals surface area contributed by atoms with E-state index in [1.165, 1.54) is 0 Å². The zero-order chi connectivity index (χ0) is 15.0. The van der Waals surface area contributed by atoms with Crippen LogP contribution in [-0.2, 0) is 10.2 Å². The number of nitrogens with one attached hydrogen (secondary N) is 1. The van der Waals surface area contributed by atoms with Crippen molar-refractivity contribution in [3.05, 3.63) is 76.3 Å². The molecule has 0 aromatic heterocycles. The highest BCUT2D eigenvalue weighted by atomic mass is 79.9. The first-order chi connectivity index (χ1) is 10.1. The summed E-state index contributed by atoms with van der Waals surface area (Å²) in [5.41, 5.74) is 3.38. The summed E-state index contributed by atoms with van der Waals surface area (Å²) in [6.45, 7) is 5.91. The van der Waals surface area contributed by atoms with E-state index < -0.39 is 5.41 Å². The van der Waals surface area contributed by atoms with Gasteiger partial charge in [-0.15, -0.1) is 6.58 Å². The molecule has 2 nitrogen and oxygen atoms in total. The van der Waals surface area contributed by atoms with E-state index in [0.29, 0.717) is 6.42 Å². The molecule has 1 atom stereocenters. The monoisotopic (exact) mass is 341 g/mol. The second-order valence-corrected chi connectivity index (χ2v) is 6.27. The van der Waals surface area contributed by atoms with Crippen molar-refractivity contribution in [1.82, 2.24) is 0 Å². The van der Waals surface area contributed by atoms with Gasteiger partial charge < -0.3 is 5.32 Å². The summed E-state index contributed by atoms with van der Waals surface area (Å²) in [4.78, 5) is 12.8. The summed E-state index contributed by atoms with van der Waals surface area (Å²) in [7, 11) is 0. The van der Waals surface area contributed by atoms with Crippen molar-refractivity contribution in [2.45, 2.75) is 18.8 Å². The first kappa shape index (κ1) is 14.1. The molecule has 1 amide bonds. The van der Waals surface area contributed by atoms with Crippen molar-refractivity contribution >= 4 is 27.5 Å². The van der Waals surface area contributed by atoms with Gasteiger partial charge in [0.1, 0.15) is 5.41 Å². The molecule has 2 aromatic carbocycles. The number of carbonyl (C=O) groups excluding carboxylic acids is 1. The third-order valence-electron chi connectivity index (χ3n) is 4.13. The third kappa shape index (κ3) is 2.04. The molecule has 1 aliphatic rings. The fraction of sp³-hybridized carbons (Fsp3) is 0.167. The van der Waals surface area contributed by atoms with Crippen LogP contribution in [0.3, 0.4) is 0 Å². The lowest BCUT2D eigenvalue weighted by Crippen LogP contribution is -2.36. The summed E-state index contributed by atoms with van der Waals surface area (Å²) in [6, 6.07) is 14.0. The van der Waals surface area contributed by atoms with E-state index in [1.807, 2.05) is 55.5 Å². The van der Waals surface area contributed by atoms with E-state index in [1.54, 1.807) is 0 Å². The molecule has 0 spiro atoms. The number of anilines is 1. The van der Waals surface area contributed by atoms with Gasteiger partial charge in [0, 0.05) is 10.2 Å². The molecule has 0 saturated heterocycles. The highest BCUT2D eigenvalue weighted by Crippen LogP contribution is 2.47. The van der Waals surface area contributed by atoms with E-state index in [-0.39, 0.29) is 5.91 Å². The average molecular weight is 342 g/mol. The van der Waals surface area contributed by atoms with Gasteiger partial charge in [0.05, 0.1) is 0 Å². The van der Waals surface area contributed by atoms with Gasteiger partial charge in [-0.2, -0.15) is 0 Å². The Kier molecular flexibility index (Phi) is 3.46. The smallest absolute Gasteiger partial charge is 0.239 e. The SMILES string of the molecule is C=CC[C@]1(c2ccccc2C)C(=O)Nc2cc(Br)ccc21. The fourth-order valence-corrected chi connectivity index (χ4v) is 3.55. The Hall–Kier alpha value is -1.87. The Bertz CT molecular complexity index is 738. The van der Waals surface area contributed by atoms with Gasteiger partial charge in [0.25, 0.3) is 0 Å². The highest BCUT2D eigenvalue weighted by molar-refractivity contribution is 9.10. The normalized spacial score (nSPS) is 20.0. The molecule has 0 saturated carbocycles. The molecule has 0 fully saturated rings. The number of allylic oxidation sites excluding steroid dienone is 1. The molecule has 0 radical (unpaired) electrons. The number of aryl methyl sites for hydroxylation is 1. The minimum Gasteiger partial charge on any atom is -0.325 e. The lowest BCUT2D eigenvalue weighted by molar-refractivity contribution is -0.119. The Morgan fingerprint density at radius 3 is 2.71 bits per heavy atom. The van der Waals surface area contributed by atoms with Crippen LogP contribution in [0.1, 0.15) is 23.1 Å². The maximum atomic E-state index is 12.8. The second-order valence-electron chi connectivity index (χ2n) is 5.36. The van der Waals surface area contributed by atoms with Crippen LogP contribution in [0, 0.1) is 6.92 Å². The zero-order valence-corrected chi connectivity index (χ0v) is 13.4. The lowest BCUT2D eigenvalue weighted by Gasteiger charge is -2.28. The Balaban J connectivity index is 2.31. The van der Waals surface area contributed by atoms with E-state index >= 15 is 0 Å². The number of amides is 1. The maximum Gasteiger partial charge on any atom is 0.239 e. The van der Waals surface area contributed by atoms with Gasteiger partial charge in [-0.05, 0) is 42.2 Å². The van der Waals surface area contributed by atoms with Crippen molar-refractivity contribution in [3.63, 3.8) is 0 Å². The Morgan fingerprint density at radius 1 is 1.24 bits per heavy atom. The molecule has 106 valence electrons. The van der Waals surface area contributed by atoms with E-state index in [0.717, 1.165) is 26.9 Å². The molecule has 1 N–H and O–H groups in total. The predicted molar refractivity (Wildman–Crippen MR) is 89.5 cm³/mol. The lowest BCUT2D eigenvalue weighted by atomic mass is 9.71. The van der Waals surface area contributed by atoms with Crippen LogP contribution >= 0.6 is 15.9 Å². The average Bonchev–Trinajstić information content (AvgIpc) is 2.72. The predicted octanol–water partition coefficient (Wildman–Crippen LogP) is 4.57. The van der Waals surface area contributed by atoms with Crippen LogP contribution in [0.2, 0.25) is 0 Å². The van der Waals surface area contributed by atoms with E-state index in [2.05, 4.69) is 27.8 Å². The number of carbonyl (C=O) groups is 1. The van der Waals surface area contributed by atoms with Crippen molar-refractivity contribution in [2.24, 2.45) is 0 Å². The van der Waals surface area contributed by atoms with Crippen LogP contribution in [-0.4, -0.2) is 5.91 Å². The van der Waals surface area contributed by atoms with E-state index in [9.17, 15) is 4.79 Å². The van der Waals surface area contributed by atoms with Gasteiger partial charge in [0.15, 0.2) is 0 Å². The largest absolute Gasteiger partial charge is 0.325 e. The Labute approximate surface area is 133 Å². The standard InChI is InChI=1S/C18H16BrNO/c1-3-10-18(14-7-5-4-6-12(14)2)15-9-8-13(19)11-16(15)20-17(18)21/h3-9,11H,1,10H2,2H3,(H,20,21)/t18-/m1/s1. The number of halogens is 1. The number of hydrogen-bond acceptors (Lipinski definition) is 1. The van der Waals surface area contributed by atoms with Gasteiger partial charge in [-0.25, -0.2) is 0 Å². The van der Waals surface area contributed by atoms with E-state index in [4.69, 9.17) is 0 Å². The minimum atomic E-state index is -0.677. The van der Waals surface area contributed by atoms with Crippen LogP contribution < -0.4 is 5.32 Å². The van der Waals surface area contributed by atoms with Gasteiger partial charge in [0.2, 0.25) is 5.91 Å². The molecule has 0 unspecified atom stereocenters. The molecule has 3 rings (SSSR count). The topological polar surface area (TPSA) is 29.1 Å². The number of benzene rings is 2. The highest BCUT2D eigenvalue weighted by Gasteiger charge is 2.47. The second kappa shape index (κ2) is 5.15. The van der Waals surface area contributed by atoms with Gasteiger partial charge in [-0.1, -0.05) is 52.3 Å². The molecule has 3 heteroatoms. The maximum absolute atomic E-state index is 12.8. The van der Waals surface area contributed by atoms with Crippen LogP contribution in [0.15, 0.2) is 59.6 Å². The summed E-state index contributed by atoms with van der Waals surface area (Å²) < 4.78 is 0.959. The third-order valence-corrected chi connectivity index (χ3v) is 4.63. The molecule has 2 aromatic rings. The summed E-state index contributed by atoms with van der Waals surface area (Å²) in [5.74, 6) is 0.0183.